The van der Waals surface area contributed by atoms with E-state index in [0.717, 1.165) is 12.0 Å². The number of ether oxygens (including phenoxy) is 3. The van der Waals surface area contributed by atoms with Crippen LogP contribution in [0.5, 0.6) is 17.2 Å². The van der Waals surface area contributed by atoms with Gasteiger partial charge in [0.25, 0.3) is 0 Å². The number of piperidine rings is 1. The Kier molecular flexibility index (Phi) is 5.27. The van der Waals surface area contributed by atoms with Crippen molar-refractivity contribution in [3.8, 4) is 17.2 Å². The molecular weight excluding hydrogens is 272 g/mol. The van der Waals surface area contributed by atoms with Crippen LogP contribution in [0.15, 0.2) is 12.1 Å². The smallest absolute Gasteiger partial charge is 0.220 e. The predicted molar refractivity (Wildman–Crippen MR) is 79.0 cm³/mol. The Morgan fingerprint density at radius 1 is 1.19 bits per heavy atom. The van der Waals surface area contributed by atoms with Crippen molar-refractivity contribution >= 4 is 5.91 Å². The minimum Gasteiger partial charge on any atom is -0.493 e. The van der Waals surface area contributed by atoms with Gasteiger partial charge in [-0.3, -0.25) is 4.79 Å². The average Bonchev–Trinajstić information content (AvgIpc) is 2.53. The number of benzene rings is 1. The first-order valence-corrected chi connectivity index (χ1v) is 6.97. The lowest BCUT2D eigenvalue weighted by molar-refractivity contribution is -0.122. The molecule has 6 nitrogen and oxygen atoms in total. The molecule has 0 spiro atoms. The van der Waals surface area contributed by atoms with Gasteiger partial charge in [-0.15, -0.1) is 0 Å². The van der Waals surface area contributed by atoms with Crippen LogP contribution in [-0.2, 0) is 11.3 Å². The first-order chi connectivity index (χ1) is 10.2. The maximum atomic E-state index is 11.1. The summed E-state index contributed by atoms with van der Waals surface area (Å²) in [4.78, 5) is 11.1. The van der Waals surface area contributed by atoms with E-state index in [9.17, 15) is 4.79 Å². The molecule has 116 valence electrons. The summed E-state index contributed by atoms with van der Waals surface area (Å²) in [6.07, 6.45) is 1.42. The second kappa shape index (κ2) is 7.17. The largest absolute Gasteiger partial charge is 0.493 e. The average molecular weight is 294 g/mol. The van der Waals surface area contributed by atoms with Gasteiger partial charge in [0.2, 0.25) is 11.7 Å². The van der Waals surface area contributed by atoms with Crippen LogP contribution in [0.4, 0.5) is 0 Å². The highest BCUT2D eigenvalue weighted by atomic mass is 16.5. The van der Waals surface area contributed by atoms with E-state index in [1.165, 1.54) is 0 Å². The van der Waals surface area contributed by atoms with Crippen molar-refractivity contribution in [1.82, 2.24) is 10.6 Å². The lowest BCUT2D eigenvalue weighted by atomic mass is 10.1. The maximum Gasteiger partial charge on any atom is 0.220 e. The molecule has 6 heteroatoms. The normalized spacial score (nSPS) is 18.0. The SMILES string of the molecule is COc1ccc(CNC2CCC(=O)NC2)c(OC)c1OC. The third-order valence-corrected chi connectivity index (χ3v) is 3.63. The summed E-state index contributed by atoms with van der Waals surface area (Å²) in [5.41, 5.74) is 0.993. The zero-order valence-corrected chi connectivity index (χ0v) is 12.7. The van der Waals surface area contributed by atoms with Crippen molar-refractivity contribution in [2.45, 2.75) is 25.4 Å². The summed E-state index contributed by atoms with van der Waals surface area (Å²) >= 11 is 0. The molecule has 2 rings (SSSR count). The van der Waals surface area contributed by atoms with Crippen molar-refractivity contribution in [3.63, 3.8) is 0 Å². The monoisotopic (exact) mass is 294 g/mol. The highest BCUT2D eigenvalue weighted by molar-refractivity contribution is 5.76. The molecule has 2 N–H and O–H groups in total. The van der Waals surface area contributed by atoms with Gasteiger partial charge >= 0.3 is 0 Å². The summed E-state index contributed by atoms with van der Waals surface area (Å²) in [6, 6.07) is 4.09. The molecule has 1 aliphatic rings. The van der Waals surface area contributed by atoms with Crippen molar-refractivity contribution in [2.75, 3.05) is 27.9 Å². The van der Waals surface area contributed by atoms with Gasteiger partial charge in [0, 0.05) is 31.1 Å². The zero-order valence-electron chi connectivity index (χ0n) is 12.7. The van der Waals surface area contributed by atoms with Crippen molar-refractivity contribution < 1.29 is 19.0 Å². The fourth-order valence-electron chi connectivity index (χ4n) is 2.46. The van der Waals surface area contributed by atoms with Crippen LogP contribution >= 0.6 is 0 Å². The molecule has 1 fully saturated rings. The minimum absolute atomic E-state index is 0.122. The molecule has 21 heavy (non-hydrogen) atoms. The third-order valence-electron chi connectivity index (χ3n) is 3.63. The predicted octanol–water partition coefficient (Wildman–Crippen LogP) is 1.08. The van der Waals surface area contributed by atoms with E-state index in [0.29, 0.717) is 36.8 Å². The van der Waals surface area contributed by atoms with Crippen LogP contribution in [0.2, 0.25) is 0 Å². The number of nitrogens with one attached hydrogen (secondary N) is 2. The second-order valence-corrected chi connectivity index (χ2v) is 4.91. The summed E-state index contributed by atoms with van der Waals surface area (Å²) in [5.74, 6) is 2.03. The summed E-state index contributed by atoms with van der Waals surface area (Å²) in [5, 5.41) is 6.29. The van der Waals surface area contributed by atoms with Gasteiger partial charge < -0.3 is 24.8 Å². The van der Waals surface area contributed by atoms with Gasteiger partial charge in [0.1, 0.15) is 0 Å². The highest BCUT2D eigenvalue weighted by Crippen LogP contribution is 2.39. The number of rotatable bonds is 6. The minimum atomic E-state index is 0.122. The van der Waals surface area contributed by atoms with Crippen molar-refractivity contribution in [3.05, 3.63) is 17.7 Å². The summed E-state index contributed by atoms with van der Waals surface area (Å²) in [7, 11) is 4.80. The highest BCUT2D eigenvalue weighted by Gasteiger charge is 2.19. The van der Waals surface area contributed by atoms with Gasteiger partial charge in [-0.2, -0.15) is 0 Å². The Morgan fingerprint density at radius 3 is 2.52 bits per heavy atom. The Bertz CT molecular complexity index is 495. The summed E-state index contributed by atoms with van der Waals surface area (Å²) < 4.78 is 16.1. The topological polar surface area (TPSA) is 68.8 Å². The first kappa shape index (κ1) is 15.4. The van der Waals surface area contributed by atoms with Gasteiger partial charge in [-0.1, -0.05) is 6.07 Å². The Hall–Kier alpha value is -1.95. The van der Waals surface area contributed by atoms with E-state index in [4.69, 9.17) is 14.2 Å². The zero-order chi connectivity index (χ0) is 15.2. The van der Waals surface area contributed by atoms with E-state index >= 15 is 0 Å². The fraction of sp³-hybridized carbons (Fsp3) is 0.533. The van der Waals surface area contributed by atoms with Crippen LogP contribution in [0.3, 0.4) is 0 Å². The molecule has 1 aromatic carbocycles. The molecule has 1 aliphatic heterocycles. The van der Waals surface area contributed by atoms with E-state index in [1.807, 2.05) is 12.1 Å². The lowest BCUT2D eigenvalue weighted by Gasteiger charge is -2.24. The van der Waals surface area contributed by atoms with E-state index in [1.54, 1.807) is 21.3 Å². The molecule has 1 amide bonds. The Morgan fingerprint density at radius 2 is 1.95 bits per heavy atom. The third kappa shape index (κ3) is 3.58. The molecular formula is C15H22N2O4. The molecule has 0 radical (unpaired) electrons. The van der Waals surface area contributed by atoms with Gasteiger partial charge in [0.15, 0.2) is 11.5 Å². The fourth-order valence-corrected chi connectivity index (χ4v) is 2.46. The molecule has 1 unspecified atom stereocenters. The Balaban J connectivity index is 2.07. The van der Waals surface area contributed by atoms with E-state index in [2.05, 4.69) is 10.6 Å². The standard InChI is InChI=1S/C15H22N2O4/c1-19-12-6-4-10(14(20-2)15(12)21-3)8-16-11-5-7-13(18)17-9-11/h4,6,11,16H,5,7-9H2,1-3H3,(H,17,18). The van der Waals surface area contributed by atoms with Crippen LogP contribution < -0.4 is 24.8 Å². The molecule has 0 saturated carbocycles. The number of hydrogen-bond acceptors (Lipinski definition) is 5. The number of hydrogen-bond donors (Lipinski definition) is 2. The molecule has 1 saturated heterocycles. The number of methoxy groups -OCH3 is 3. The van der Waals surface area contributed by atoms with E-state index < -0.39 is 0 Å². The Labute approximate surface area is 124 Å². The quantitative estimate of drug-likeness (QED) is 0.822. The second-order valence-electron chi connectivity index (χ2n) is 4.91. The molecule has 1 heterocycles. The van der Waals surface area contributed by atoms with Crippen molar-refractivity contribution in [1.29, 1.82) is 0 Å². The van der Waals surface area contributed by atoms with Crippen molar-refractivity contribution in [2.24, 2.45) is 0 Å². The van der Waals surface area contributed by atoms with Crippen LogP contribution in [0, 0.1) is 0 Å². The number of amides is 1. The lowest BCUT2D eigenvalue weighted by Crippen LogP contribution is -2.45. The van der Waals surface area contributed by atoms with Crippen LogP contribution in [0.1, 0.15) is 18.4 Å². The first-order valence-electron chi connectivity index (χ1n) is 6.97. The van der Waals surface area contributed by atoms with Gasteiger partial charge in [-0.25, -0.2) is 0 Å². The van der Waals surface area contributed by atoms with Gasteiger partial charge in [0.05, 0.1) is 21.3 Å². The van der Waals surface area contributed by atoms with Crippen LogP contribution in [-0.4, -0.2) is 39.8 Å². The number of carbonyl (C=O) groups excluding carboxylic acids is 1. The molecule has 0 bridgehead atoms. The molecule has 1 atom stereocenters. The maximum absolute atomic E-state index is 11.1. The molecule has 0 aliphatic carbocycles. The summed E-state index contributed by atoms with van der Waals surface area (Å²) in [6.45, 7) is 1.30. The molecule has 1 aromatic rings. The molecule has 0 aromatic heterocycles. The van der Waals surface area contributed by atoms with Gasteiger partial charge in [-0.05, 0) is 12.5 Å². The van der Waals surface area contributed by atoms with Crippen LogP contribution in [0.25, 0.3) is 0 Å². The van der Waals surface area contributed by atoms with E-state index in [-0.39, 0.29) is 11.9 Å². The number of carbonyl (C=O) groups is 1.